The molecule has 0 fully saturated rings. The molecular weight excluding hydrogens is 252 g/mol. The van der Waals surface area contributed by atoms with E-state index in [-0.39, 0.29) is 17.2 Å². The smallest absolute Gasteiger partial charge is 0.258 e. The summed E-state index contributed by atoms with van der Waals surface area (Å²) in [5, 5.41) is 15.3. The molecule has 0 amide bonds. The molecule has 0 saturated heterocycles. The second kappa shape index (κ2) is 5.28. The van der Waals surface area contributed by atoms with Crippen LogP contribution in [-0.4, -0.2) is 24.8 Å². The van der Waals surface area contributed by atoms with Crippen LogP contribution in [0.4, 0.5) is 5.69 Å². The number of rotatable bonds is 5. The Morgan fingerprint density at radius 3 is 2.69 bits per heavy atom. The summed E-state index contributed by atoms with van der Waals surface area (Å²) in [6, 6.07) is 6.01. The molecule has 0 saturated carbocycles. The Bertz CT molecular complexity index is 487. The van der Waals surface area contributed by atoms with Gasteiger partial charge < -0.3 is 0 Å². The van der Waals surface area contributed by atoms with Crippen LogP contribution in [0.5, 0.6) is 0 Å². The molecule has 0 unspecified atom stereocenters. The summed E-state index contributed by atoms with van der Waals surface area (Å²) in [6.45, 7) is 0. The Morgan fingerprint density at radius 2 is 2.12 bits per heavy atom. The maximum absolute atomic E-state index is 10.7. The lowest BCUT2D eigenvalue weighted by Crippen LogP contribution is -2.17. The Morgan fingerprint density at radius 1 is 1.44 bits per heavy atom. The minimum atomic E-state index is -3.48. The molecule has 1 aromatic rings. The maximum atomic E-state index is 10.7. The van der Waals surface area contributed by atoms with E-state index < -0.39 is 14.9 Å². The molecule has 0 atom stereocenters. The van der Waals surface area contributed by atoms with Crippen LogP contribution in [0, 0.1) is 10.1 Å². The van der Waals surface area contributed by atoms with Crippen molar-refractivity contribution in [3.8, 4) is 0 Å². The van der Waals surface area contributed by atoms with Gasteiger partial charge in [-0.25, -0.2) is 13.6 Å². The van der Waals surface area contributed by atoms with Crippen molar-refractivity contribution in [3.63, 3.8) is 0 Å². The first-order chi connectivity index (χ1) is 7.38. The van der Waals surface area contributed by atoms with Crippen molar-refractivity contribution >= 4 is 27.5 Å². The van der Waals surface area contributed by atoms with E-state index in [9.17, 15) is 18.5 Å². The van der Waals surface area contributed by atoms with Crippen LogP contribution in [-0.2, 0) is 10.0 Å². The van der Waals surface area contributed by atoms with Gasteiger partial charge in [-0.3, -0.25) is 10.1 Å². The third-order valence-electron chi connectivity index (χ3n) is 1.67. The number of benzene rings is 1. The van der Waals surface area contributed by atoms with Crippen LogP contribution in [0.15, 0.2) is 29.2 Å². The second-order valence-corrected chi connectivity index (χ2v) is 5.87. The van der Waals surface area contributed by atoms with Crippen molar-refractivity contribution in [1.82, 2.24) is 0 Å². The number of hydrogen-bond donors (Lipinski definition) is 1. The lowest BCUT2D eigenvalue weighted by molar-refractivity contribution is -0.385. The van der Waals surface area contributed by atoms with E-state index in [4.69, 9.17) is 5.14 Å². The highest BCUT2D eigenvalue weighted by molar-refractivity contribution is 8.00. The van der Waals surface area contributed by atoms with Gasteiger partial charge in [0.15, 0.2) is 0 Å². The number of nitro benzene ring substituents is 1. The van der Waals surface area contributed by atoms with Crippen LogP contribution < -0.4 is 5.14 Å². The van der Waals surface area contributed by atoms with Crippen molar-refractivity contribution in [2.45, 2.75) is 4.90 Å². The molecule has 1 rings (SSSR count). The summed E-state index contributed by atoms with van der Waals surface area (Å²) >= 11 is 1.22. The minimum Gasteiger partial charge on any atom is -0.258 e. The first kappa shape index (κ1) is 12.9. The summed E-state index contributed by atoms with van der Waals surface area (Å²) in [5.74, 6) is 0.125. The zero-order valence-electron chi connectivity index (χ0n) is 8.20. The van der Waals surface area contributed by atoms with Crippen molar-refractivity contribution in [2.75, 3.05) is 11.5 Å². The summed E-state index contributed by atoms with van der Waals surface area (Å²) in [4.78, 5) is 10.6. The van der Waals surface area contributed by atoms with E-state index in [1.54, 1.807) is 12.1 Å². The van der Waals surface area contributed by atoms with E-state index in [2.05, 4.69) is 0 Å². The third kappa shape index (κ3) is 4.60. The molecule has 2 N–H and O–H groups in total. The van der Waals surface area contributed by atoms with Crippen LogP contribution in [0.25, 0.3) is 0 Å². The Hall–Kier alpha value is -1.12. The number of hydrogen-bond acceptors (Lipinski definition) is 5. The molecule has 16 heavy (non-hydrogen) atoms. The zero-order chi connectivity index (χ0) is 12.2. The van der Waals surface area contributed by atoms with Gasteiger partial charge in [0.05, 0.1) is 10.7 Å². The summed E-state index contributed by atoms with van der Waals surface area (Å²) in [7, 11) is -3.48. The first-order valence-electron chi connectivity index (χ1n) is 4.26. The number of sulfonamides is 1. The molecule has 8 heteroatoms. The monoisotopic (exact) mass is 262 g/mol. The quantitative estimate of drug-likeness (QED) is 0.484. The second-order valence-electron chi connectivity index (χ2n) is 2.97. The lowest BCUT2D eigenvalue weighted by Gasteiger charge is -2.00. The fraction of sp³-hybridized carbons (Fsp3) is 0.250. The van der Waals surface area contributed by atoms with Gasteiger partial charge in [0.2, 0.25) is 10.0 Å². The standard InChI is InChI=1S/C8H10N2O4S2/c9-16(13,14)5-4-15-8-3-1-2-7(6-8)10(11)12/h1-3,6H,4-5H2,(H2,9,13,14). The molecular formula is C8H10N2O4S2. The molecule has 0 spiro atoms. The highest BCUT2D eigenvalue weighted by atomic mass is 32.2. The van der Waals surface area contributed by atoms with Crippen molar-refractivity contribution in [3.05, 3.63) is 34.4 Å². The zero-order valence-corrected chi connectivity index (χ0v) is 9.83. The van der Waals surface area contributed by atoms with Gasteiger partial charge in [0.1, 0.15) is 0 Å². The van der Waals surface area contributed by atoms with E-state index in [0.717, 1.165) is 0 Å². The Labute approximate surface area is 97.0 Å². The summed E-state index contributed by atoms with van der Waals surface area (Å²) in [6.07, 6.45) is 0. The van der Waals surface area contributed by atoms with Gasteiger partial charge in [-0.1, -0.05) is 6.07 Å². The molecule has 0 radical (unpaired) electrons. The van der Waals surface area contributed by atoms with Gasteiger partial charge in [0, 0.05) is 22.8 Å². The van der Waals surface area contributed by atoms with Gasteiger partial charge in [-0.2, -0.15) is 0 Å². The lowest BCUT2D eigenvalue weighted by atomic mass is 10.3. The SMILES string of the molecule is NS(=O)(=O)CCSc1cccc([N+](=O)[O-])c1. The number of non-ortho nitro benzene ring substituents is 1. The fourth-order valence-corrected chi connectivity index (χ4v) is 2.84. The normalized spacial score (nSPS) is 11.3. The topological polar surface area (TPSA) is 103 Å². The van der Waals surface area contributed by atoms with E-state index >= 15 is 0 Å². The predicted molar refractivity (Wildman–Crippen MR) is 61.8 cm³/mol. The molecule has 0 aliphatic heterocycles. The van der Waals surface area contributed by atoms with Crippen molar-refractivity contribution in [1.29, 1.82) is 0 Å². The highest BCUT2D eigenvalue weighted by Gasteiger charge is 2.07. The number of primary sulfonamides is 1. The van der Waals surface area contributed by atoms with Crippen LogP contribution in [0.2, 0.25) is 0 Å². The molecule has 0 aliphatic carbocycles. The molecule has 1 aromatic carbocycles. The van der Waals surface area contributed by atoms with Crippen LogP contribution in [0.3, 0.4) is 0 Å². The average molecular weight is 262 g/mol. The fourth-order valence-electron chi connectivity index (χ4n) is 0.963. The third-order valence-corrected chi connectivity index (χ3v) is 3.69. The highest BCUT2D eigenvalue weighted by Crippen LogP contribution is 2.22. The van der Waals surface area contributed by atoms with Gasteiger partial charge >= 0.3 is 0 Å². The number of nitrogens with zero attached hydrogens (tertiary/aromatic N) is 1. The van der Waals surface area contributed by atoms with E-state index in [1.807, 2.05) is 0 Å². The largest absolute Gasteiger partial charge is 0.270 e. The first-order valence-corrected chi connectivity index (χ1v) is 6.96. The Kier molecular flexibility index (Phi) is 4.27. The molecule has 0 aliphatic rings. The molecule has 0 bridgehead atoms. The molecule has 88 valence electrons. The van der Waals surface area contributed by atoms with Crippen molar-refractivity contribution < 1.29 is 13.3 Å². The summed E-state index contributed by atoms with van der Waals surface area (Å²) < 4.78 is 21.3. The molecule has 0 aromatic heterocycles. The van der Waals surface area contributed by atoms with Crippen LogP contribution >= 0.6 is 11.8 Å². The van der Waals surface area contributed by atoms with E-state index in [0.29, 0.717) is 4.90 Å². The van der Waals surface area contributed by atoms with Gasteiger partial charge in [0.25, 0.3) is 5.69 Å². The van der Waals surface area contributed by atoms with Gasteiger partial charge in [-0.15, -0.1) is 11.8 Å². The van der Waals surface area contributed by atoms with Crippen molar-refractivity contribution in [2.24, 2.45) is 5.14 Å². The summed E-state index contributed by atoms with van der Waals surface area (Å²) in [5.41, 5.74) is -0.0133. The van der Waals surface area contributed by atoms with Crippen LogP contribution in [0.1, 0.15) is 0 Å². The average Bonchev–Trinajstić information content (AvgIpc) is 2.16. The number of nitro groups is 1. The maximum Gasteiger partial charge on any atom is 0.270 e. The molecule has 6 nitrogen and oxygen atoms in total. The predicted octanol–water partition coefficient (Wildman–Crippen LogP) is 0.975. The van der Waals surface area contributed by atoms with E-state index in [1.165, 1.54) is 23.9 Å². The number of nitrogens with two attached hydrogens (primary N) is 1. The Balaban J connectivity index is 2.61. The molecule has 0 heterocycles. The minimum absolute atomic E-state index is 0.0133. The van der Waals surface area contributed by atoms with Gasteiger partial charge in [-0.05, 0) is 6.07 Å². The number of thioether (sulfide) groups is 1.